The smallest absolute Gasteiger partial charge is 0.305 e. The molecule has 0 aliphatic carbocycles. The molecule has 0 amide bonds. The van der Waals surface area contributed by atoms with Gasteiger partial charge in [0.15, 0.2) is 0 Å². The molecule has 1 heterocycles. The molecular formula is C15H16F3NS. The van der Waals surface area contributed by atoms with Gasteiger partial charge in [-0.3, -0.25) is 0 Å². The summed E-state index contributed by atoms with van der Waals surface area (Å²) in [5.41, 5.74) is 0.237. The van der Waals surface area contributed by atoms with Crippen molar-refractivity contribution in [1.82, 2.24) is 5.32 Å². The van der Waals surface area contributed by atoms with Crippen molar-refractivity contribution in [2.45, 2.75) is 32.6 Å². The second kappa shape index (κ2) is 5.97. The van der Waals surface area contributed by atoms with E-state index in [0.29, 0.717) is 6.54 Å². The lowest BCUT2D eigenvalue weighted by molar-refractivity contribution is -0.137. The molecule has 1 nitrogen and oxygen atoms in total. The Morgan fingerprint density at radius 1 is 1.10 bits per heavy atom. The molecule has 1 N–H and O–H groups in total. The number of benzene rings is 1. The van der Waals surface area contributed by atoms with E-state index in [4.69, 9.17) is 0 Å². The van der Waals surface area contributed by atoms with Crippen molar-refractivity contribution < 1.29 is 13.2 Å². The second-order valence-corrected chi connectivity index (χ2v) is 6.07. The standard InChI is InChI=1S/C15H16F3NS/c1-10-3-8-14(20-10)11(2)19-9-12-4-6-13(7-5-12)15(16,17)18/h3-8,11,19H,9H2,1-2H3. The average molecular weight is 299 g/mol. The van der Waals surface area contributed by atoms with E-state index in [1.54, 1.807) is 11.3 Å². The van der Waals surface area contributed by atoms with Crippen LogP contribution in [0.15, 0.2) is 36.4 Å². The summed E-state index contributed by atoms with van der Waals surface area (Å²) in [6.07, 6.45) is -4.27. The Morgan fingerprint density at radius 3 is 2.25 bits per heavy atom. The molecule has 20 heavy (non-hydrogen) atoms. The number of thiophene rings is 1. The number of halogens is 3. The Hall–Kier alpha value is -1.33. The molecule has 0 saturated carbocycles. The summed E-state index contributed by atoms with van der Waals surface area (Å²) in [5.74, 6) is 0. The van der Waals surface area contributed by atoms with Gasteiger partial charge in [0.25, 0.3) is 0 Å². The van der Waals surface area contributed by atoms with E-state index in [0.717, 1.165) is 17.7 Å². The number of alkyl halides is 3. The summed E-state index contributed by atoms with van der Waals surface area (Å²) in [7, 11) is 0. The monoisotopic (exact) mass is 299 g/mol. The molecule has 0 spiro atoms. The van der Waals surface area contributed by atoms with E-state index >= 15 is 0 Å². The van der Waals surface area contributed by atoms with Crippen molar-refractivity contribution >= 4 is 11.3 Å². The highest BCUT2D eigenvalue weighted by molar-refractivity contribution is 7.12. The highest BCUT2D eigenvalue weighted by Gasteiger charge is 2.29. The molecule has 1 aromatic carbocycles. The van der Waals surface area contributed by atoms with Gasteiger partial charge in [0.05, 0.1) is 5.56 Å². The lowest BCUT2D eigenvalue weighted by Crippen LogP contribution is -2.17. The van der Waals surface area contributed by atoms with Gasteiger partial charge in [-0.15, -0.1) is 11.3 Å². The number of rotatable bonds is 4. The molecule has 0 fully saturated rings. The third-order valence-electron chi connectivity index (χ3n) is 3.08. The summed E-state index contributed by atoms with van der Waals surface area (Å²) < 4.78 is 37.3. The third kappa shape index (κ3) is 3.84. The van der Waals surface area contributed by atoms with Crippen molar-refractivity contribution in [3.63, 3.8) is 0 Å². The molecule has 1 aromatic heterocycles. The van der Waals surface area contributed by atoms with Crippen LogP contribution in [0.25, 0.3) is 0 Å². The maximum atomic E-state index is 12.4. The fourth-order valence-electron chi connectivity index (χ4n) is 1.87. The van der Waals surface area contributed by atoms with Gasteiger partial charge in [-0.25, -0.2) is 0 Å². The first-order chi connectivity index (χ1) is 9.36. The zero-order chi connectivity index (χ0) is 14.8. The van der Waals surface area contributed by atoms with E-state index < -0.39 is 11.7 Å². The number of nitrogens with one attached hydrogen (secondary N) is 1. The van der Waals surface area contributed by atoms with Crippen LogP contribution in [-0.4, -0.2) is 0 Å². The van der Waals surface area contributed by atoms with Gasteiger partial charge in [-0.05, 0) is 43.7 Å². The van der Waals surface area contributed by atoms with E-state index in [2.05, 4.69) is 31.3 Å². The van der Waals surface area contributed by atoms with Gasteiger partial charge >= 0.3 is 6.18 Å². The molecule has 1 unspecified atom stereocenters. The van der Waals surface area contributed by atoms with Gasteiger partial charge in [0.2, 0.25) is 0 Å². The largest absolute Gasteiger partial charge is 0.416 e. The van der Waals surface area contributed by atoms with Crippen LogP contribution in [-0.2, 0) is 12.7 Å². The van der Waals surface area contributed by atoms with Crippen LogP contribution in [0.5, 0.6) is 0 Å². The van der Waals surface area contributed by atoms with Crippen molar-refractivity contribution in [2.24, 2.45) is 0 Å². The van der Waals surface area contributed by atoms with Crippen molar-refractivity contribution in [1.29, 1.82) is 0 Å². The Morgan fingerprint density at radius 2 is 1.75 bits per heavy atom. The molecule has 0 bridgehead atoms. The van der Waals surface area contributed by atoms with Crippen molar-refractivity contribution in [3.05, 3.63) is 57.3 Å². The Balaban J connectivity index is 1.94. The molecule has 0 aliphatic heterocycles. The summed E-state index contributed by atoms with van der Waals surface area (Å²) >= 11 is 1.73. The van der Waals surface area contributed by atoms with E-state index in [9.17, 15) is 13.2 Å². The van der Waals surface area contributed by atoms with E-state index in [1.165, 1.54) is 21.9 Å². The first-order valence-corrected chi connectivity index (χ1v) is 7.14. The van der Waals surface area contributed by atoms with Crippen molar-refractivity contribution in [2.75, 3.05) is 0 Å². The van der Waals surface area contributed by atoms with Gasteiger partial charge in [0.1, 0.15) is 0 Å². The maximum absolute atomic E-state index is 12.4. The van der Waals surface area contributed by atoms with Crippen molar-refractivity contribution in [3.8, 4) is 0 Å². The molecule has 0 radical (unpaired) electrons. The first-order valence-electron chi connectivity index (χ1n) is 6.32. The Kier molecular flexibility index (Phi) is 4.50. The molecule has 108 valence electrons. The van der Waals surface area contributed by atoms with Crippen LogP contribution in [0, 0.1) is 6.92 Å². The number of aryl methyl sites for hydroxylation is 1. The zero-order valence-corrected chi connectivity index (χ0v) is 12.1. The highest BCUT2D eigenvalue weighted by atomic mass is 32.1. The lowest BCUT2D eigenvalue weighted by Gasteiger charge is -2.13. The van der Waals surface area contributed by atoms with E-state index in [1.807, 2.05) is 0 Å². The molecule has 0 saturated heterocycles. The SMILES string of the molecule is Cc1ccc(C(C)NCc2ccc(C(F)(F)F)cc2)s1. The third-order valence-corrected chi connectivity index (χ3v) is 4.26. The minimum Gasteiger partial charge on any atom is -0.305 e. The zero-order valence-electron chi connectivity index (χ0n) is 11.3. The number of hydrogen-bond acceptors (Lipinski definition) is 2. The van der Waals surface area contributed by atoms with Crippen LogP contribution in [0.1, 0.15) is 33.8 Å². The predicted octanol–water partition coefficient (Wildman–Crippen LogP) is 4.93. The molecule has 0 aliphatic rings. The molecule has 1 atom stereocenters. The summed E-state index contributed by atoms with van der Waals surface area (Å²) in [6.45, 7) is 4.66. The summed E-state index contributed by atoms with van der Waals surface area (Å²) in [6, 6.07) is 9.61. The Labute approximate surface area is 120 Å². The van der Waals surface area contributed by atoms with Gasteiger partial charge in [-0.2, -0.15) is 13.2 Å². The number of hydrogen-bond donors (Lipinski definition) is 1. The maximum Gasteiger partial charge on any atom is 0.416 e. The summed E-state index contributed by atoms with van der Waals surface area (Å²) in [5, 5.41) is 3.32. The molecule has 2 aromatic rings. The molecule has 2 rings (SSSR count). The lowest BCUT2D eigenvalue weighted by atomic mass is 10.1. The quantitative estimate of drug-likeness (QED) is 0.844. The highest BCUT2D eigenvalue weighted by Crippen LogP contribution is 2.29. The topological polar surface area (TPSA) is 12.0 Å². The van der Waals surface area contributed by atoms with Crippen LogP contribution >= 0.6 is 11.3 Å². The minimum atomic E-state index is -4.27. The van der Waals surface area contributed by atoms with Gasteiger partial charge in [-0.1, -0.05) is 12.1 Å². The minimum absolute atomic E-state index is 0.191. The van der Waals surface area contributed by atoms with Gasteiger partial charge < -0.3 is 5.32 Å². The summed E-state index contributed by atoms with van der Waals surface area (Å²) in [4.78, 5) is 2.48. The van der Waals surface area contributed by atoms with Crippen LogP contribution in [0.3, 0.4) is 0 Å². The fourth-order valence-corrected chi connectivity index (χ4v) is 2.77. The second-order valence-electron chi connectivity index (χ2n) is 4.75. The first kappa shape index (κ1) is 15.1. The van der Waals surface area contributed by atoms with Crippen LogP contribution < -0.4 is 5.32 Å². The normalized spacial score (nSPS) is 13.4. The van der Waals surface area contributed by atoms with Gasteiger partial charge in [0, 0.05) is 22.3 Å². The molecule has 5 heteroatoms. The average Bonchev–Trinajstić information content (AvgIpc) is 2.82. The molecular weight excluding hydrogens is 283 g/mol. The predicted molar refractivity (Wildman–Crippen MR) is 75.8 cm³/mol. The Bertz CT molecular complexity index is 557. The van der Waals surface area contributed by atoms with Crippen LogP contribution in [0.2, 0.25) is 0 Å². The van der Waals surface area contributed by atoms with Crippen LogP contribution in [0.4, 0.5) is 13.2 Å². The van der Waals surface area contributed by atoms with E-state index in [-0.39, 0.29) is 6.04 Å². The fraction of sp³-hybridized carbons (Fsp3) is 0.333.